The molecule has 3 rings (SSSR count). The second kappa shape index (κ2) is 9.30. The second-order valence-electron chi connectivity index (χ2n) is 7.30. The minimum absolute atomic E-state index is 0.0401. The van der Waals surface area contributed by atoms with Crippen molar-refractivity contribution >= 4 is 37.6 Å². The average Bonchev–Trinajstić information content (AvgIpc) is 2.74. The lowest BCUT2D eigenvalue weighted by Gasteiger charge is -2.32. The molecule has 0 saturated carbocycles. The average molecular weight is 468 g/mol. The van der Waals surface area contributed by atoms with Gasteiger partial charge in [0.15, 0.2) is 0 Å². The third kappa shape index (κ3) is 5.58. The van der Waals surface area contributed by atoms with Crippen molar-refractivity contribution in [1.29, 1.82) is 0 Å². The van der Waals surface area contributed by atoms with Crippen molar-refractivity contribution < 1.29 is 21.6 Å². The number of benzene rings is 1. The summed E-state index contributed by atoms with van der Waals surface area (Å²) in [6.45, 7) is 0.546. The smallest absolute Gasteiger partial charge is 0.281 e. The highest BCUT2D eigenvalue weighted by molar-refractivity contribution is 7.92. The maximum atomic E-state index is 12.6. The summed E-state index contributed by atoms with van der Waals surface area (Å²) in [5, 5.41) is 2.77. The maximum Gasteiger partial charge on any atom is 0.281 e. The lowest BCUT2D eigenvalue weighted by atomic mass is 9.97. The second-order valence-corrected chi connectivity index (χ2v) is 11.1. The minimum atomic E-state index is -3.80. The molecule has 1 fully saturated rings. The van der Waals surface area contributed by atoms with Gasteiger partial charge in [-0.3, -0.25) is 9.52 Å². The number of nitrogens with zero attached hydrogens (tertiary/aromatic N) is 3. The number of carbonyl (C=O) groups is 1. The van der Waals surface area contributed by atoms with E-state index in [2.05, 4.69) is 15.0 Å². The number of piperidine rings is 1. The van der Waals surface area contributed by atoms with Gasteiger partial charge in [-0.15, -0.1) is 0 Å². The molecule has 0 aliphatic carbocycles. The molecule has 1 aromatic carbocycles. The molecule has 2 heterocycles. The van der Waals surface area contributed by atoms with Gasteiger partial charge in [-0.2, -0.15) is 17.0 Å². The topological polar surface area (TPSA) is 129 Å². The fraction of sp³-hybridized carbons (Fsp3) is 0.368. The van der Waals surface area contributed by atoms with Gasteiger partial charge < -0.3 is 5.32 Å². The van der Waals surface area contributed by atoms with E-state index >= 15 is 0 Å². The van der Waals surface area contributed by atoms with Crippen molar-refractivity contribution in [3.05, 3.63) is 48.7 Å². The van der Waals surface area contributed by atoms with Crippen molar-refractivity contribution in [2.45, 2.75) is 17.7 Å². The first-order chi connectivity index (χ1) is 14.6. The summed E-state index contributed by atoms with van der Waals surface area (Å²) >= 11 is 0. The van der Waals surface area contributed by atoms with Crippen LogP contribution in [0.1, 0.15) is 12.8 Å². The van der Waals surface area contributed by atoms with Gasteiger partial charge >= 0.3 is 0 Å². The van der Waals surface area contributed by atoms with Gasteiger partial charge in [-0.25, -0.2) is 13.4 Å². The molecule has 2 N–H and O–H groups in total. The number of amides is 1. The Morgan fingerprint density at radius 2 is 1.68 bits per heavy atom. The molecule has 0 radical (unpaired) electrons. The normalized spacial score (nSPS) is 16.2. The summed E-state index contributed by atoms with van der Waals surface area (Å²) in [7, 11) is -4.33. The molecular weight excluding hydrogens is 442 g/mol. The van der Waals surface area contributed by atoms with Crippen LogP contribution in [-0.4, -0.2) is 63.5 Å². The largest absolute Gasteiger partial charge is 0.326 e. The molecule has 168 valence electrons. The quantitative estimate of drug-likeness (QED) is 0.632. The van der Waals surface area contributed by atoms with Crippen LogP contribution in [-0.2, 0) is 25.0 Å². The van der Waals surface area contributed by atoms with Gasteiger partial charge in [0, 0.05) is 45.0 Å². The SMILES string of the molecule is CN(C)S(=O)(=O)N1CCC(C(=O)Nc2ccc(S(=O)(=O)Nc3ccccn3)cc2)CC1. The van der Waals surface area contributed by atoms with Gasteiger partial charge in [0.05, 0.1) is 4.90 Å². The van der Waals surface area contributed by atoms with Gasteiger partial charge in [-0.1, -0.05) is 6.07 Å². The van der Waals surface area contributed by atoms with E-state index < -0.39 is 20.2 Å². The minimum Gasteiger partial charge on any atom is -0.326 e. The van der Waals surface area contributed by atoms with Crippen LogP contribution in [0.2, 0.25) is 0 Å². The molecule has 1 aliphatic rings. The van der Waals surface area contributed by atoms with E-state index in [4.69, 9.17) is 0 Å². The number of hydrogen-bond donors (Lipinski definition) is 2. The highest BCUT2D eigenvalue weighted by Gasteiger charge is 2.32. The number of pyridine rings is 1. The van der Waals surface area contributed by atoms with Gasteiger partial charge in [0.25, 0.3) is 20.2 Å². The molecule has 1 saturated heterocycles. The number of anilines is 2. The Bertz CT molecular complexity index is 1110. The number of rotatable bonds is 7. The van der Waals surface area contributed by atoms with E-state index in [0.29, 0.717) is 18.5 Å². The third-order valence-corrected chi connectivity index (χ3v) is 8.26. The van der Waals surface area contributed by atoms with Crippen LogP contribution in [0.3, 0.4) is 0 Å². The van der Waals surface area contributed by atoms with E-state index in [0.717, 1.165) is 4.31 Å². The highest BCUT2D eigenvalue weighted by atomic mass is 32.2. The van der Waals surface area contributed by atoms with Crippen LogP contribution in [0.4, 0.5) is 11.5 Å². The molecule has 0 bridgehead atoms. The molecule has 1 aliphatic heterocycles. The molecule has 10 nitrogen and oxygen atoms in total. The van der Waals surface area contributed by atoms with E-state index in [1.807, 2.05) is 0 Å². The Balaban J connectivity index is 1.58. The lowest BCUT2D eigenvalue weighted by Crippen LogP contribution is -2.46. The predicted molar refractivity (Wildman–Crippen MR) is 117 cm³/mol. The molecule has 0 atom stereocenters. The third-order valence-electron chi connectivity index (χ3n) is 4.95. The van der Waals surface area contributed by atoms with Crippen LogP contribution >= 0.6 is 0 Å². The number of carbonyl (C=O) groups excluding carboxylic acids is 1. The Kier molecular flexibility index (Phi) is 6.94. The van der Waals surface area contributed by atoms with Gasteiger partial charge in [0.2, 0.25) is 5.91 Å². The van der Waals surface area contributed by atoms with Crippen LogP contribution in [0, 0.1) is 5.92 Å². The maximum absolute atomic E-state index is 12.6. The van der Waals surface area contributed by atoms with Crippen molar-refractivity contribution in [2.75, 3.05) is 37.2 Å². The first-order valence-electron chi connectivity index (χ1n) is 9.62. The summed E-state index contributed by atoms with van der Waals surface area (Å²) < 4.78 is 54.2. The molecule has 31 heavy (non-hydrogen) atoms. The molecular formula is C19H25N5O5S2. The van der Waals surface area contributed by atoms with Crippen LogP contribution in [0.25, 0.3) is 0 Å². The summed E-state index contributed by atoms with van der Waals surface area (Å²) in [5.74, 6) is -0.325. The monoisotopic (exact) mass is 467 g/mol. The fourth-order valence-electron chi connectivity index (χ4n) is 3.16. The van der Waals surface area contributed by atoms with Crippen LogP contribution in [0.5, 0.6) is 0 Å². The molecule has 0 unspecified atom stereocenters. The van der Waals surface area contributed by atoms with E-state index in [-0.39, 0.29) is 35.6 Å². The van der Waals surface area contributed by atoms with E-state index in [1.54, 1.807) is 18.2 Å². The Morgan fingerprint density at radius 3 is 2.23 bits per heavy atom. The molecule has 0 spiro atoms. The molecule has 2 aromatic rings. The van der Waals surface area contributed by atoms with Crippen molar-refractivity contribution in [3.63, 3.8) is 0 Å². The summed E-state index contributed by atoms with van der Waals surface area (Å²) in [4.78, 5) is 16.5. The highest BCUT2D eigenvalue weighted by Crippen LogP contribution is 2.23. The van der Waals surface area contributed by atoms with Crippen molar-refractivity contribution in [1.82, 2.24) is 13.6 Å². The van der Waals surface area contributed by atoms with Gasteiger partial charge in [-0.05, 0) is 49.2 Å². The Morgan fingerprint density at radius 1 is 1.03 bits per heavy atom. The lowest BCUT2D eigenvalue weighted by molar-refractivity contribution is -0.120. The number of aromatic nitrogens is 1. The Labute approximate surface area is 182 Å². The Hall–Kier alpha value is -2.54. The first-order valence-corrected chi connectivity index (χ1v) is 12.5. The predicted octanol–water partition coefficient (Wildman–Crippen LogP) is 1.34. The zero-order chi connectivity index (χ0) is 22.6. The zero-order valence-corrected chi connectivity index (χ0v) is 18.9. The fourth-order valence-corrected chi connectivity index (χ4v) is 5.30. The molecule has 12 heteroatoms. The van der Waals surface area contributed by atoms with Crippen LogP contribution in [0.15, 0.2) is 53.6 Å². The zero-order valence-electron chi connectivity index (χ0n) is 17.2. The van der Waals surface area contributed by atoms with E-state index in [9.17, 15) is 21.6 Å². The summed E-state index contributed by atoms with van der Waals surface area (Å²) in [5.41, 5.74) is 0.463. The summed E-state index contributed by atoms with van der Waals surface area (Å²) in [6, 6.07) is 10.7. The molecule has 1 amide bonds. The standard InChI is InChI=1S/C19H25N5O5S2/c1-23(2)31(28,29)24-13-10-15(11-14-24)19(25)21-16-6-8-17(9-7-16)30(26,27)22-18-5-3-4-12-20-18/h3-9,12,15H,10-11,13-14H2,1-2H3,(H,20,22)(H,21,25). The van der Waals surface area contributed by atoms with Crippen molar-refractivity contribution in [3.8, 4) is 0 Å². The number of nitrogens with one attached hydrogen (secondary N) is 2. The number of sulfonamides is 1. The number of hydrogen-bond acceptors (Lipinski definition) is 6. The summed E-state index contributed by atoms with van der Waals surface area (Å²) in [6.07, 6.45) is 2.32. The van der Waals surface area contributed by atoms with E-state index in [1.165, 1.54) is 48.9 Å². The van der Waals surface area contributed by atoms with Crippen molar-refractivity contribution in [2.24, 2.45) is 5.92 Å². The first kappa shape index (κ1) is 23.1. The van der Waals surface area contributed by atoms with Crippen LogP contribution < -0.4 is 10.0 Å². The van der Waals surface area contributed by atoms with Gasteiger partial charge in [0.1, 0.15) is 5.82 Å². The molecule has 1 aromatic heterocycles.